The van der Waals surface area contributed by atoms with Crippen molar-refractivity contribution >= 4 is 24.3 Å². The Balaban J connectivity index is 2.41. The van der Waals surface area contributed by atoms with Gasteiger partial charge >= 0.3 is 5.97 Å². The van der Waals surface area contributed by atoms with Gasteiger partial charge in [0.15, 0.2) is 0 Å². The number of thiol groups is 1. The number of hydrogen-bond acceptors (Lipinski definition) is 4. The minimum Gasteiger partial charge on any atom is -0.478 e. The second kappa shape index (κ2) is 4.98. The van der Waals surface area contributed by atoms with Gasteiger partial charge in [-0.1, -0.05) is 0 Å². The number of nitrogens with zero attached hydrogens (tertiary/aromatic N) is 1. The smallest absolute Gasteiger partial charge is 0.336 e. The van der Waals surface area contributed by atoms with Crippen molar-refractivity contribution in [2.75, 3.05) is 31.1 Å². The van der Waals surface area contributed by atoms with Gasteiger partial charge < -0.3 is 15.3 Å². The molecule has 0 bridgehead atoms. The van der Waals surface area contributed by atoms with E-state index in [9.17, 15) is 4.79 Å². The minimum absolute atomic E-state index is 0.339. The van der Waals surface area contributed by atoms with Gasteiger partial charge in [-0.05, 0) is 24.6 Å². The lowest BCUT2D eigenvalue weighted by atomic mass is 10.1. The van der Waals surface area contributed by atoms with E-state index in [0.29, 0.717) is 10.5 Å². The maximum absolute atomic E-state index is 11.1. The van der Waals surface area contributed by atoms with Crippen LogP contribution in [-0.2, 0) is 0 Å². The van der Waals surface area contributed by atoms with Gasteiger partial charge in [0.1, 0.15) is 0 Å². The standard InChI is InChI=1S/C12H16N2O2S/c1-8-10(12(15)16)6-9(17)7-11(8)14-4-2-13-3-5-14/h6-7,13,17H,2-5H2,1H3,(H,15,16). The number of hydrogen-bond donors (Lipinski definition) is 3. The van der Waals surface area contributed by atoms with Gasteiger partial charge in [0.25, 0.3) is 0 Å². The summed E-state index contributed by atoms with van der Waals surface area (Å²) in [5, 5.41) is 12.4. The highest BCUT2D eigenvalue weighted by Crippen LogP contribution is 2.27. The van der Waals surface area contributed by atoms with Crippen LogP contribution in [0, 0.1) is 6.92 Å². The first kappa shape index (κ1) is 12.3. The number of benzene rings is 1. The lowest BCUT2D eigenvalue weighted by Crippen LogP contribution is -2.43. The van der Waals surface area contributed by atoms with E-state index >= 15 is 0 Å². The van der Waals surface area contributed by atoms with Crippen LogP contribution in [0.1, 0.15) is 15.9 Å². The highest BCUT2D eigenvalue weighted by atomic mass is 32.1. The third kappa shape index (κ3) is 2.56. The van der Waals surface area contributed by atoms with Gasteiger partial charge in [-0.15, -0.1) is 12.6 Å². The maximum Gasteiger partial charge on any atom is 0.336 e. The molecule has 17 heavy (non-hydrogen) atoms. The van der Waals surface area contributed by atoms with Crippen molar-refractivity contribution in [3.05, 3.63) is 23.3 Å². The first-order chi connectivity index (χ1) is 8.09. The summed E-state index contributed by atoms with van der Waals surface area (Å²) < 4.78 is 0. The normalized spacial score (nSPS) is 16.0. The Morgan fingerprint density at radius 1 is 1.41 bits per heavy atom. The molecule has 1 fully saturated rings. The fourth-order valence-corrected chi connectivity index (χ4v) is 2.39. The number of carboxylic acid groups (broad SMARTS) is 1. The third-order valence-corrected chi connectivity index (χ3v) is 3.31. The van der Waals surface area contributed by atoms with Gasteiger partial charge in [-0.2, -0.15) is 0 Å². The number of aromatic carboxylic acids is 1. The van der Waals surface area contributed by atoms with Gasteiger partial charge in [0, 0.05) is 36.8 Å². The molecule has 92 valence electrons. The largest absolute Gasteiger partial charge is 0.478 e. The quantitative estimate of drug-likeness (QED) is 0.696. The van der Waals surface area contributed by atoms with E-state index in [0.717, 1.165) is 37.4 Å². The molecule has 1 aliphatic rings. The number of carboxylic acids is 1. The molecular weight excluding hydrogens is 236 g/mol. The van der Waals surface area contributed by atoms with Gasteiger partial charge in [0.2, 0.25) is 0 Å². The van der Waals surface area contributed by atoms with Crippen molar-refractivity contribution in [2.24, 2.45) is 0 Å². The molecule has 0 aliphatic carbocycles. The topological polar surface area (TPSA) is 52.6 Å². The molecule has 0 amide bonds. The molecule has 1 aromatic rings. The molecule has 0 spiro atoms. The Morgan fingerprint density at radius 2 is 2.06 bits per heavy atom. The summed E-state index contributed by atoms with van der Waals surface area (Å²) >= 11 is 4.28. The van der Waals surface area contributed by atoms with E-state index in [2.05, 4.69) is 22.8 Å². The van der Waals surface area contributed by atoms with Gasteiger partial charge in [-0.25, -0.2) is 4.79 Å². The van der Waals surface area contributed by atoms with Crippen LogP contribution in [0.4, 0.5) is 5.69 Å². The van der Waals surface area contributed by atoms with E-state index in [1.165, 1.54) is 0 Å². The first-order valence-corrected chi connectivity index (χ1v) is 6.07. The molecule has 0 atom stereocenters. The third-order valence-electron chi connectivity index (χ3n) is 3.05. The molecule has 1 heterocycles. The van der Waals surface area contributed by atoms with Crippen LogP contribution < -0.4 is 10.2 Å². The minimum atomic E-state index is -0.894. The van der Waals surface area contributed by atoms with Crippen LogP contribution in [0.25, 0.3) is 0 Å². The van der Waals surface area contributed by atoms with Crippen molar-refractivity contribution < 1.29 is 9.90 Å². The fraction of sp³-hybridized carbons (Fsp3) is 0.417. The molecule has 0 aromatic heterocycles. The molecule has 1 aromatic carbocycles. The molecule has 2 rings (SSSR count). The van der Waals surface area contributed by atoms with Crippen LogP contribution in [0.2, 0.25) is 0 Å². The van der Waals surface area contributed by atoms with Crippen LogP contribution in [-0.4, -0.2) is 37.3 Å². The molecule has 0 unspecified atom stereocenters. The molecule has 1 aliphatic heterocycles. The monoisotopic (exact) mass is 252 g/mol. The first-order valence-electron chi connectivity index (χ1n) is 5.62. The highest BCUT2D eigenvalue weighted by molar-refractivity contribution is 7.80. The fourth-order valence-electron chi connectivity index (χ4n) is 2.14. The van der Waals surface area contributed by atoms with E-state index < -0.39 is 5.97 Å². The maximum atomic E-state index is 11.1. The second-order valence-electron chi connectivity index (χ2n) is 4.18. The Labute approximate surface area is 106 Å². The number of nitrogens with one attached hydrogen (secondary N) is 1. The Bertz CT molecular complexity index is 442. The molecular formula is C12H16N2O2S. The number of carbonyl (C=O) groups is 1. The number of rotatable bonds is 2. The average Bonchev–Trinajstić information content (AvgIpc) is 2.32. The summed E-state index contributed by atoms with van der Waals surface area (Å²) in [5.41, 5.74) is 2.14. The predicted octanol–water partition coefficient (Wildman–Crippen LogP) is 1.39. The van der Waals surface area contributed by atoms with E-state index in [1.54, 1.807) is 6.07 Å². The Kier molecular flexibility index (Phi) is 3.59. The molecule has 2 N–H and O–H groups in total. The lowest BCUT2D eigenvalue weighted by Gasteiger charge is -2.31. The zero-order chi connectivity index (χ0) is 12.4. The van der Waals surface area contributed by atoms with Crippen molar-refractivity contribution in [1.82, 2.24) is 5.32 Å². The van der Waals surface area contributed by atoms with Crippen molar-refractivity contribution in [1.29, 1.82) is 0 Å². The summed E-state index contributed by atoms with van der Waals surface area (Å²) in [6.07, 6.45) is 0. The molecule has 4 nitrogen and oxygen atoms in total. The summed E-state index contributed by atoms with van der Waals surface area (Å²) in [7, 11) is 0. The van der Waals surface area contributed by atoms with E-state index in [1.807, 2.05) is 13.0 Å². The average molecular weight is 252 g/mol. The van der Waals surface area contributed by atoms with Crippen LogP contribution in [0.15, 0.2) is 17.0 Å². The molecule has 1 saturated heterocycles. The second-order valence-corrected chi connectivity index (χ2v) is 4.70. The van der Waals surface area contributed by atoms with Crippen LogP contribution in [0.3, 0.4) is 0 Å². The van der Waals surface area contributed by atoms with Crippen molar-refractivity contribution in [3.63, 3.8) is 0 Å². The molecule has 0 radical (unpaired) electrons. The SMILES string of the molecule is Cc1c(C(=O)O)cc(S)cc1N1CCNCC1. The highest BCUT2D eigenvalue weighted by Gasteiger charge is 2.17. The Morgan fingerprint density at radius 3 is 2.65 bits per heavy atom. The lowest BCUT2D eigenvalue weighted by molar-refractivity contribution is 0.0696. The van der Waals surface area contributed by atoms with Gasteiger partial charge in [0.05, 0.1) is 5.56 Å². The Hall–Kier alpha value is -1.20. The van der Waals surface area contributed by atoms with Crippen molar-refractivity contribution in [3.8, 4) is 0 Å². The summed E-state index contributed by atoms with van der Waals surface area (Å²) in [6, 6.07) is 3.54. The van der Waals surface area contributed by atoms with E-state index in [4.69, 9.17) is 5.11 Å². The summed E-state index contributed by atoms with van der Waals surface area (Å²) in [4.78, 5) is 14.0. The zero-order valence-electron chi connectivity index (χ0n) is 9.73. The summed E-state index contributed by atoms with van der Waals surface area (Å²) in [5.74, 6) is -0.894. The molecule has 5 heteroatoms. The van der Waals surface area contributed by atoms with Crippen molar-refractivity contribution in [2.45, 2.75) is 11.8 Å². The van der Waals surface area contributed by atoms with Crippen LogP contribution in [0.5, 0.6) is 0 Å². The summed E-state index contributed by atoms with van der Waals surface area (Å²) in [6.45, 7) is 5.51. The zero-order valence-corrected chi connectivity index (χ0v) is 10.6. The number of anilines is 1. The van der Waals surface area contributed by atoms with Gasteiger partial charge in [-0.3, -0.25) is 0 Å². The predicted molar refractivity (Wildman–Crippen MR) is 70.5 cm³/mol. The molecule has 0 saturated carbocycles. The number of piperazine rings is 1. The van der Waals surface area contributed by atoms with Crippen LogP contribution >= 0.6 is 12.6 Å². The van der Waals surface area contributed by atoms with E-state index in [-0.39, 0.29) is 0 Å².